The van der Waals surface area contributed by atoms with Crippen LogP contribution in [0.1, 0.15) is 180 Å². The molecule has 0 amide bonds. The molecule has 0 saturated heterocycles. The van der Waals surface area contributed by atoms with Crippen LogP contribution in [0.2, 0.25) is 30.1 Å². The number of hydrogen-bond donors (Lipinski definition) is 0. The molecule has 0 radical (unpaired) electrons. The fraction of sp³-hybridized carbons (Fsp3) is 0.328. The van der Waals surface area contributed by atoms with E-state index in [4.69, 9.17) is 88.6 Å². The van der Waals surface area contributed by atoms with Gasteiger partial charge in [0.15, 0.2) is 23.0 Å². The maximum atomic E-state index is 13.8. The maximum absolute atomic E-state index is 13.8. The maximum Gasteiger partial charge on any atom is 0.231 e. The highest BCUT2D eigenvalue weighted by molar-refractivity contribution is 6.43. The van der Waals surface area contributed by atoms with Crippen LogP contribution in [-0.4, -0.2) is 86.7 Å². The molecule has 7 aliphatic heterocycles. The Labute approximate surface area is 852 Å². The van der Waals surface area contributed by atoms with Gasteiger partial charge < -0.3 is 18.9 Å². The van der Waals surface area contributed by atoms with Crippen molar-refractivity contribution in [1.29, 1.82) is 0 Å². The van der Waals surface area contributed by atoms with E-state index < -0.39 is 0 Å². The molecule has 7 heterocycles. The minimum absolute atomic E-state index is 0.0965. The summed E-state index contributed by atoms with van der Waals surface area (Å²) in [5, 5.41) is 9.19. The largest absolute Gasteiger partial charge is 0.493 e. The molecule has 10 nitrogen and oxygen atoms in total. The minimum atomic E-state index is -0.197. The van der Waals surface area contributed by atoms with Gasteiger partial charge in [-0.1, -0.05) is 203 Å². The van der Waals surface area contributed by atoms with Crippen LogP contribution in [0.3, 0.4) is 0 Å². The lowest BCUT2D eigenvalue weighted by Gasteiger charge is -2.24. The molecule has 0 N–H and O–H groups in total. The van der Waals surface area contributed by atoms with Crippen molar-refractivity contribution in [3.63, 3.8) is 0 Å². The second-order valence-corrected chi connectivity index (χ2v) is 41.0. The zero-order chi connectivity index (χ0) is 98.2. The summed E-state index contributed by atoms with van der Waals surface area (Å²) in [6.07, 6.45) is 12.2. The zero-order valence-corrected chi connectivity index (χ0v) is 85.5. The number of fused-ring (bicyclic) bond motifs is 10. The van der Waals surface area contributed by atoms with Crippen LogP contribution in [0.5, 0.6) is 23.0 Å². The van der Waals surface area contributed by atoms with Crippen LogP contribution >= 0.6 is 69.6 Å². The average Bonchev–Trinajstić information content (AvgIpc) is 1.62. The molecule has 14 aromatic carbocycles. The van der Waals surface area contributed by atoms with Crippen molar-refractivity contribution in [2.75, 3.05) is 21.0 Å². The lowest BCUT2D eigenvalue weighted by molar-refractivity contribution is 0.173. The molecule has 140 heavy (non-hydrogen) atoms. The van der Waals surface area contributed by atoms with Crippen molar-refractivity contribution < 1.29 is 40.9 Å². The minimum Gasteiger partial charge on any atom is -0.493 e. The fourth-order valence-corrected chi connectivity index (χ4v) is 20.9. The molecule has 0 fully saturated rings. The van der Waals surface area contributed by atoms with Gasteiger partial charge in [-0.05, 0) is 362 Å². The van der Waals surface area contributed by atoms with Crippen LogP contribution in [0.4, 0.5) is 22.0 Å². The fourth-order valence-electron chi connectivity index (χ4n) is 19.9. The first kappa shape index (κ1) is 103. The molecule has 0 aliphatic carbocycles. The number of rotatable bonds is 26. The summed E-state index contributed by atoms with van der Waals surface area (Å²) in [5.41, 5.74) is 22.7. The van der Waals surface area contributed by atoms with E-state index in [0.29, 0.717) is 79.7 Å². The van der Waals surface area contributed by atoms with Crippen molar-refractivity contribution in [3.8, 4) is 23.0 Å². The second-order valence-electron chi connectivity index (χ2n) is 38.5. The number of nitrogens with zero attached hydrogens (tertiary/aromatic N) is 6. The van der Waals surface area contributed by atoms with Gasteiger partial charge in [0, 0.05) is 120 Å². The molecular weight excluding hydrogens is 1890 g/mol. The first-order valence-corrected chi connectivity index (χ1v) is 51.1. The lowest BCUT2D eigenvalue weighted by atomic mass is 10.0. The summed E-state index contributed by atoms with van der Waals surface area (Å²) in [6.45, 7) is 25.1. The molecule has 6 atom stereocenters. The van der Waals surface area contributed by atoms with Gasteiger partial charge in [0.2, 0.25) is 6.79 Å². The number of aryl methyl sites for hydroxylation is 6. The van der Waals surface area contributed by atoms with Gasteiger partial charge in [-0.3, -0.25) is 29.4 Å². The SMILES string of the molecule is CC(CCc1ccc(Cl)c(Cl)c1)N1Cc2ccc3ccccc3c2C1.COc1cc2c(cc1OC)CN([C@@H](C)CCc1ccc(Cl)c(Cl)c1)C2.C[C@H](CCc1ccc(Cl)c(Cl)c1)N1Cc2cc3ccccc3cc2C1.C[C@H](CCc1ccc(F)cc1)N1Cc2cc3c(cc2C1)OCO3.C[C@H](CCc1ccc(F)cc1)N1Cc2ccc(F)cc2C1.C[C@H](CCc1ccc(F)cc1)N1Cc2cccc(F)c2C1. The molecule has 1 unspecified atom stereocenters. The first-order chi connectivity index (χ1) is 67.7. The predicted molar refractivity (Wildman–Crippen MR) is 564 cm³/mol. The third kappa shape index (κ3) is 26.9. The van der Waals surface area contributed by atoms with Crippen LogP contribution < -0.4 is 18.9 Å². The summed E-state index contributed by atoms with van der Waals surface area (Å²) < 4.78 is 87.5. The Bertz CT molecular complexity index is 6480. The molecule has 7 aliphatic rings. The molecule has 21 heteroatoms. The van der Waals surface area contributed by atoms with E-state index in [1.54, 1.807) is 26.4 Å². The summed E-state index contributed by atoms with van der Waals surface area (Å²) >= 11 is 36.4. The van der Waals surface area contributed by atoms with Gasteiger partial charge in [0.05, 0.1) is 44.4 Å². The Morgan fingerprint density at radius 1 is 0.257 bits per heavy atom. The van der Waals surface area contributed by atoms with E-state index in [-0.39, 0.29) is 29.1 Å². The Morgan fingerprint density at radius 2 is 0.557 bits per heavy atom. The molecular formula is C119H123Cl6F5N6O4. The summed E-state index contributed by atoms with van der Waals surface area (Å²) in [4.78, 5) is 14.8. The van der Waals surface area contributed by atoms with Crippen LogP contribution in [-0.2, 0) is 117 Å². The zero-order valence-electron chi connectivity index (χ0n) is 80.9. The number of halogens is 11. The van der Waals surface area contributed by atoms with E-state index in [9.17, 15) is 22.0 Å². The van der Waals surface area contributed by atoms with Gasteiger partial charge in [-0.2, -0.15) is 0 Å². The Hall–Kier alpha value is -10.1. The number of benzene rings is 14. The molecule has 730 valence electrons. The van der Waals surface area contributed by atoms with Gasteiger partial charge in [0.1, 0.15) is 29.1 Å². The van der Waals surface area contributed by atoms with Gasteiger partial charge in [0.25, 0.3) is 0 Å². The quantitative estimate of drug-likeness (QED) is 0.0490. The van der Waals surface area contributed by atoms with Gasteiger partial charge in [-0.15, -0.1) is 0 Å². The molecule has 0 spiro atoms. The van der Waals surface area contributed by atoms with Crippen LogP contribution in [0, 0.1) is 29.1 Å². The molecule has 14 aromatic rings. The Kier molecular flexibility index (Phi) is 35.5. The molecule has 0 bridgehead atoms. The normalized spacial score (nSPS) is 15.8. The van der Waals surface area contributed by atoms with E-state index in [0.717, 1.165) is 200 Å². The molecule has 0 saturated carbocycles. The van der Waals surface area contributed by atoms with Crippen LogP contribution in [0.15, 0.2) is 261 Å². The smallest absolute Gasteiger partial charge is 0.231 e. The summed E-state index contributed by atoms with van der Waals surface area (Å²) in [6, 6.07) is 86.2. The molecule has 0 aromatic heterocycles. The second kappa shape index (κ2) is 48.4. The Morgan fingerprint density at radius 3 is 0.936 bits per heavy atom. The summed E-state index contributed by atoms with van der Waals surface area (Å²) in [7, 11) is 3.35. The number of methoxy groups -OCH3 is 2. The highest BCUT2D eigenvalue weighted by atomic mass is 35.5. The highest BCUT2D eigenvalue weighted by Crippen LogP contribution is 2.42. The number of ether oxygens (including phenoxy) is 4. The van der Waals surface area contributed by atoms with Crippen molar-refractivity contribution in [2.24, 2.45) is 0 Å². The summed E-state index contributed by atoms with van der Waals surface area (Å²) in [5.74, 6) is 2.51. The third-order valence-electron chi connectivity index (χ3n) is 29.0. The van der Waals surface area contributed by atoms with Crippen molar-refractivity contribution in [3.05, 3.63) is 420 Å². The third-order valence-corrected chi connectivity index (χ3v) is 31.2. The highest BCUT2D eigenvalue weighted by Gasteiger charge is 2.33. The van der Waals surface area contributed by atoms with Crippen molar-refractivity contribution >= 4 is 91.2 Å². The van der Waals surface area contributed by atoms with Gasteiger partial charge in [-0.25, -0.2) is 22.0 Å². The van der Waals surface area contributed by atoms with E-state index >= 15 is 0 Å². The van der Waals surface area contributed by atoms with Crippen molar-refractivity contribution in [1.82, 2.24) is 29.4 Å². The lowest BCUT2D eigenvalue weighted by Crippen LogP contribution is -2.28. The monoisotopic (exact) mass is 2000 g/mol. The van der Waals surface area contributed by atoms with E-state index in [2.05, 4.69) is 186 Å². The van der Waals surface area contributed by atoms with Crippen LogP contribution in [0.25, 0.3) is 21.5 Å². The van der Waals surface area contributed by atoms with Gasteiger partial charge >= 0.3 is 0 Å². The van der Waals surface area contributed by atoms with Crippen molar-refractivity contribution in [2.45, 2.75) is 233 Å². The Balaban J connectivity index is 0.000000121. The average molecular weight is 2010 g/mol. The first-order valence-electron chi connectivity index (χ1n) is 48.9. The standard InChI is InChI=1S/2C22H21Cl2N.C20H23Cl2NO2.C19H20FNO2.2C18H19F2N/c1-15(6-7-16-8-11-21(23)22(24)12-16)25-13-18-10-9-17-4-2-3-5-19(17)20(18)14-25;1-15(6-7-16-8-9-21(23)22(24)10-16)25-13-19-11-17-4-2-3-5-18(17)12-20(19)14-25;1-13(4-5-14-6-7-17(21)18(22)8-14)23-11-15-9-19(24-2)20(25-3)10-16(15)12-23;1-13(2-3-14-4-6-17(20)7-5-14)21-10-15-8-18-19(23-12-22-18)9-16(15)11-21;1-13(2-3-14-4-7-17(19)8-5-14)21-11-15-6-9-18(20)10-16(15)12-21;1-13(5-6-14-7-9-16(19)10-8-14)21-11-15-3-2-4-18(20)17(15)12-21/h2*2-5,8-12,15H,6-7,13-14H2,1H3;6-10,13H,4-5,11-12H2,1-3H3;4-9,13H,2-3,10-12H2,1H3;4-10,13H,2-3,11-12H2,1H3;2-4,7-10,13H,5-6,11-12H2,1H3/t;15-;4*13-/m.10111/s1. The topological polar surface area (TPSA) is 56.4 Å². The van der Waals surface area contributed by atoms with E-state index in [1.165, 1.54) is 142 Å². The number of hydrogen-bond acceptors (Lipinski definition) is 10. The van der Waals surface area contributed by atoms with E-state index in [1.807, 2.05) is 84.9 Å². The predicted octanol–water partition coefficient (Wildman–Crippen LogP) is 30.8. The molecule has 21 rings (SSSR count).